The third kappa shape index (κ3) is 3.01. The molecule has 112 valence electrons. The molecule has 1 aromatic rings. The van der Waals surface area contributed by atoms with Crippen LogP contribution in [0.1, 0.15) is 50.7 Å². The first-order valence-electron chi connectivity index (χ1n) is 7.35. The Labute approximate surface area is 119 Å². The lowest BCUT2D eigenvalue weighted by Crippen LogP contribution is -2.40. The Kier molecular flexibility index (Phi) is 4.76. The molecule has 0 amide bonds. The predicted octanol–water partition coefficient (Wildman–Crippen LogP) is 3.54. The summed E-state index contributed by atoms with van der Waals surface area (Å²) >= 11 is 0. The van der Waals surface area contributed by atoms with Crippen LogP contribution in [0.4, 0.5) is 8.78 Å². The fraction of sp³-hybridized carbons (Fsp3) is 0.625. The normalized spacial score (nSPS) is 28.4. The molecule has 1 aliphatic carbocycles. The average Bonchev–Trinajstić information content (AvgIpc) is 2.45. The second-order valence-corrected chi connectivity index (χ2v) is 6.02. The van der Waals surface area contributed by atoms with Gasteiger partial charge < -0.3 is 10.8 Å². The summed E-state index contributed by atoms with van der Waals surface area (Å²) in [6, 6.07) is 3.23. The van der Waals surface area contributed by atoms with Gasteiger partial charge in [-0.15, -0.1) is 0 Å². The molecule has 0 bridgehead atoms. The Balaban J connectivity index is 2.22. The standard InChI is InChI=1S/C16H23F2NO/c1-2-11-3-5-16(10-19,6-4-11)15(20)12-7-13(17)9-14(18)8-12/h7-9,11,15,20H,2-6,10,19H2,1H3. The second-order valence-electron chi connectivity index (χ2n) is 6.02. The molecular weight excluding hydrogens is 260 g/mol. The van der Waals surface area contributed by atoms with E-state index in [-0.39, 0.29) is 0 Å². The zero-order valence-electron chi connectivity index (χ0n) is 11.9. The van der Waals surface area contributed by atoms with Gasteiger partial charge >= 0.3 is 0 Å². The van der Waals surface area contributed by atoms with E-state index in [0.29, 0.717) is 18.0 Å². The fourth-order valence-corrected chi connectivity index (χ4v) is 3.34. The SMILES string of the molecule is CCC1CCC(CN)(C(O)c2cc(F)cc(F)c2)CC1. The van der Waals surface area contributed by atoms with E-state index in [1.54, 1.807) is 0 Å². The van der Waals surface area contributed by atoms with Gasteiger partial charge in [0.1, 0.15) is 11.6 Å². The molecule has 1 fully saturated rings. The molecule has 4 heteroatoms. The Morgan fingerprint density at radius 2 is 1.80 bits per heavy atom. The number of hydrogen-bond acceptors (Lipinski definition) is 2. The molecule has 0 saturated heterocycles. The van der Waals surface area contributed by atoms with Crippen LogP contribution in [0.25, 0.3) is 0 Å². The summed E-state index contributed by atoms with van der Waals surface area (Å²) in [5.74, 6) is -0.645. The minimum absolute atomic E-state index is 0.294. The van der Waals surface area contributed by atoms with Crippen molar-refractivity contribution >= 4 is 0 Å². The third-order valence-electron chi connectivity index (χ3n) is 4.87. The summed E-state index contributed by atoms with van der Waals surface area (Å²) < 4.78 is 26.6. The van der Waals surface area contributed by atoms with Crippen LogP contribution in [0.3, 0.4) is 0 Å². The van der Waals surface area contributed by atoms with Gasteiger partial charge in [-0.1, -0.05) is 13.3 Å². The summed E-state index contributed by atoms with van der Waals surface area (Å²) in [4.78, 5) is 0. The largest absolute Gasteiger partial charge is 0.388 e. The highest BCUT2D eigenvalue weighted by molar-refractivity contribution is 5.22. The monoisotopic (exact) mass is 283 g/mol. The molecule has 1 saturated carbocycles. The summed E-state index contributed by atoms with van der Waals surface area (Å²) in [5.41, 5.74) is 5.73. The molecule has 2 nitrogen and oxygen atoms in total. The van der Waals surface area contributed by atoms with Gasteiger partial charge in [-0.3, -0.25) is 0 Å². The topological polar surface area (TPSA) is 46.2 Å². The molecule has 0 aromatic heterocycles. The number of benzene rings is 1. The quantitative estimate of drug-likeness (QED) is 0.887. The van der Waals surface area contributed by atoms with E-state index < -0.39 is 23.2 Å². The molecule has 3 N–H and O–H groups in total. The maximum atomic E-state index is 13.3. The molecule has 1 aromatic carbocycles. The Hall–Kier alpha value is -1.00. The zero-order chi connectivity index (χ0) is 14.8. The molecule has 2 rings (SSSR count). The van der Waals surface area contributed by atoms with E-state index in [1.165, 1.54) is 12.1 Å². The van der Waals surface area contributed by atoms with Crippen LogP contribution < -0.4 is 5.73 Å². The number of rotatable bonds is 4. The average molecular weight is 283 g/mol. The first-order chi connectivity index (χ1) is 9.50. The molecule has 1 atom stereocenters. The highest BCUT2D eigenvalue weighted by Crippen LogP contribution is 2.47. The van der Waals surface area contributed by atoms with Crippen molar-refractivity contribution in [1.82, 2.24) is 0 Å². The molecule has 0 heterocycles. The van der Waals surface area contributed by atoms with Crippen molar-refractivity contribution in [1.29, 1.82) is 0 Å². The molecule has 1 unspecified atom stereocenters. The molecule has 0 aliphatic heterocycles. The van der Waals surface area contributed by atoms with Gasteiger partial charge in [0.05, 0.1) is 6.10 Å². The molecular formula is C16H23F2NO. The van der Waals surface area contributed by atoms with E-state index in [0.717, 1.165) is 38.2 Å². The summed E-state index contributed by atoms with van der Waals surface area (Å²) in [7, 11) is 0. The summed E-state index contributed by atoms with van der Waals surface area (Å²) in [6.45, 7) is 2.50. The van der Waals surface area contributed by atoms with Crippen molar-refractivity contribution in [2.24, 2.45) is 17.1 Å². The van der Waals surface area contributed by atoms with Crippen molar-refractivity contribution in [2.45, 2.75) is 45.1 Å². The smallest absolute Gasteiger partial charge is 0.126 e. The highest BCUT2D eigenvalue weighted by Gasteiger charge is 2.40. The molecule has 0 spiro atoms. The van der Waals surface area contributed by atoms with Gasteiger partial charge in [0.15, 0.2) is 0 Å². The minimum Gasteiger partial charge on any atom is -0.388 e. The van der Waals surface area contributed by atoms with Crippen molar-refractivity contribution < 1.29 is 13.9 Å². The fourth-order valence-electron chi connectivity index (χ4n) is 3.34. The number of hydrogen-bond donors (Lipinski definition) is 2. The number of halogens is 2. The van der Waals surface area contributed by atoms with Gasteiger partial charge in [0.2, 0.25) is 0 Å². The van der Waals surface area contributed by atoms with E-state index in [1.807, 2.05) is 0 Å². The van der Waals surface area contributed by atoms with Crippen molar-refractivity contribution in [2.75, 3.05) is 6.54 Å². The minimum atomic E-state index is -0.907. The van der Waals surface area contributed by atoms with Crippen LogP contribution in [-0.4, -0.2) is 11.7 Å². The van der Waals surface area contributed by atoms with Crippen molar-refractivity contribution in [3.8, 4) is 0 Å². The summed E-state index contributed by atoms with van der Waals surface area (Å²) in [6.07, 6.45) is 3.87. The van der Waals surface area contributed by atoms with E-state index >= 15 is 0 Å². The van der Waals surface area contributed by atoms with Crippen LogP contribution in [0.15, 0.2) is 18.2 Å². The molecule has 1 aliphatic rings. The zero-order valence-corrected chi connectivity index (χ0v) is 11.9. The summed E-state index contributed by atoms with van der Waals surface area (Å²) in [5, 5.41) is 10.6. The van der Waals surface area contributed by atoms with Gasteiger partial charge in [-0.2, -0.15) is 0 Å². The van der Waals surface area contributed by atoms with Crippen LogP contribution in [0.5, 0.6) is 0 Å². The van der Waals surface area contributed by atoms with Crippen LogP contribution in [-0.2, 0) is 0 Å². The first kappa shape index (κ1) is 15.4. The Bertz CT molecular complexity index is 436. The lowest BCUT2D eigenvalue weighted by molar-refractivity contribution is -0.0106. The lowest BCUT2D eigenvalue weighted by Gasteiger charge is -2.43. The molecule has 0 radical (unpaired) electrons. The number of nitrogens with two attached hydrogens (primary N) is 1. The number of aliphatic hydroxyl groups excluding tert-OH is 1. The maximum Gasteiger partial charge on any atom is 0.126 e. The van der Waals surface area contributed by atoms with Gasteiger partial charge in [0, 0.05) is 18.0 Å². The Morgan fingerprint density at radius 3 is 2.25 bits per heavy atom. The predicted molar refractivity (Wildman–Crippen MR) is 75.1 cm³/mol. The second kappa shape index (κ2) is 6.19. The van der Waals surface area contributed by atoms with Crippen molar-refractivity contribution in [3.63, 3.8) is 0 Å². The number of aliphatic hydroxyl groups is 1. The van der Waals surface area contributed by atoms with Gasteiger partial charge in [-0.05, 0) is 49.3 Å². The molecule has 20 heavy (non-hydrogen) atoms. The van der Waals surface area contributed by atoms with Crippen LogP contribution in [0.2, 0.25) is 0 Å². The van der Waals surface area contributed by atoms with E-state index in [4.69, 9.17) is 5.73 Å². The van der Waals surface area contributed by atoms with E-state index in [9.17, 15) is 13.9 Å². The van der Waals surface area contributed by atoms with E-state index in [2.05, 4.69) is 6.92 Å². The lowest BCUT2D eigenvalue weighted by atomic mass is 9.65. The van der Waals surface area contributed by atoms with Crippen LogP contribution >= 0.6 is 0 Å². The van der Waals surface area contributed by atoms with Crippen molar-refractivity contribution in [3.05, 3.63) is 35.4 Å². The Morgan fingerprint density at radius 1 is 1.25 bits per heavy atom. The van der Waals surface area contributed by atoms with Gasteiger partial charge in [-0.25, -0.2) is 8.78 Å². The highest BCUT2D eigenvalue weighted by atomic mass is 19.1. The van der Waals surface area contributed by atoms with Gasteiger partial charge in [0.25, 0.3) is 0 Å². The maximum absolute atomic E-state index is 13.3. The third-order valence-corrected chi connectivity index (χ3v) is 4.87. The first-order valence-corrected chi connectivity index (χ1v) is 7.35. The van der Waals surface area contributed by atoms with Crippen LogP contribution in [0, 0.1) is 23.0 Å².